The second kappa shape index (κ2) is 4.97. The summed E-state index contributed by atoms with van der Waals surface area (Å²) < 4.78 is 0. The number of likely N-dealkylation sites (tertiary alicyclic amines) is 1. The Labute approximate surface area is 118 Å². The molecule has 19 heavy (non-hydrogen) atoms. The number of piperidine rings is 1. The molecule has 0 bridgehead atoms. The average Bonchev–Trinajstić information content (AvgIpc) is 2.26. The molecule has 0 radical (unpaired) electrons. The maximum Gasteiger partial charge on any atom is 0.230 e. The standard InChI is InChI=1S/C15H18ClNO2/c1-15(2,3)17-13(8-12(18)9-14(17)19)10-4-6-11(16)7-5-10/h4-7,13H,8-9H2,1-3H3. The second-order valence-corrected chi connectivity index (χ2v) is 6.36. The lowest BCUT2D eigenvalue weighted by Crippen LogP contribution is -2.51. The van der Waals surface area contributed by atoms with Crippen LogP contribution in [0.15, 0.2) is 24.3 Å². The van der Waals surface area contributed by atoms with Gasteiger partial charge < -0.3 is 4.90 Å². The van der Waals surface area contributed by atoms with Crippen molar-refractivity contribution in [2.45, 2.75) is 45.2 Å². The van der Waals surface area contributed by atoms with Crippen LogP contribution in [0.4, 0.5) is 0 Å². The number of rotatable bonds is 1. The van der Waals surface area contributed by atoms with Crippen LogP contribution >= 0.6 is 11.6 Å². The van der Waals surface area contributed by atoms with E-state index in [4.69, 9.17) is 11.6 Å². The normalized spacial score (nSPS) is 20.8. The van der Waals surface area contributed by atoms with Crippen molar-refractivity contribution in [2.75, 3.05) is 0 Å². The summed E-state index contributed by atoms with van der Waals surface area (Å²) in [6, 6.07) is 7.17. The van der Waals surface area contributed by atoms with Crippen LogP contribution in [0.2, 0.25) is 5.02 Å². The first-order chi connectivity index (χ1) is 8.79. The molecule has 1 amide bonds. The monoisotopic (exact) mass is 279 g/mol. The van der Waals surface area contributed by atoms with Gasteiger partial charge in [-0.3, -0.25) is 9.59 Å². The average molecular weight is 280 g/mol. The summed E-state index contributed by atoms with van der Waals surface area (Å²) in [6.07, 6.45) is 0.395. The highest BCUT2D eigenvalue weighted by Crippen LogP contribution is 2.35. The molecule has 3 nitrogen and oxygen atoms in total. The number of nitrogens with zero attached hydrogens (tertiary/aromatic N) is 1. The van der Waals surface area contributed by atoms with Crippen LogP contribution in [0.3, 0.4) is 0 Å². The number of hydrogen-bond acceptors (Lipinski definition) is 2. The van der Waals surface area contributed by atoms with Gasteiger partial charge in [0.25, 0.3) is 0 Å². The SMILES string of the molecule is CC(C)(C)N1C(=O)CC(=O)CC1c1ccc(Cl)cc1. The molecular weight excluding hydrogens is 262 g/mol. The Kier molecular flexibility index (Phi) is 3.68. The smallest absolute Gasteiger partial charge is 0.230 e. The van der Waals surface area contributed by atoms with Crippen molar-refractivity contribution in [3.05, 3.63) is 34.9 Å². The number of benzene rings is 1. The van der Waals surface area contributed by atoms with Gasteiger partial charge in [-0.15, -0.1) is 0 Å². The van der Waals surface area contributed by atoms with Crippen LogP contribution in [-0.2, 0) is 9.59 Å². The van der Waals surface area contributed by atoms with Crippen molar-refractivity contribution in [3.8, 4) is 0 Å². The maximum absolute atomic E-state index is 12.2. The van der Waals surface area contributed by atoms with Crippen molar-refractivity contribution < 1.29 is 9.59 Å². The number of carbonyl (C=O) groups is 2. The third-order valence-corrected chi connectivity index (χ3v) is 3.58. The summed E-state index contributed by atoms with van der Waals surface area (Å²) in [7, 11) is 0. The minimum absolute atomic E-state index is 0.00505. The van der Waals surface area contributed by atoms with Gasteiger partial charge in [0.05, 0.1) is 12.5 Å². The summed E-state index contributed by atoms with van der Waals surface area (Å²) in [6.45, 7) is 5.97. The molecule has 1 aliphatic rings. The predicted octanol–water partition coefficient (Wildman–Crippen LogP) is 3.37. The van der Waals surface area contributed by atoms with Gasteiger partial charge in [-0.05, 0) is 38.5 Å². The summed E-state index contributed by atoms with van der Waals surface area (Å²) in [5, 5.41) is 0.652. The lowest BCUT2D eigenvalue weighted by atomic mass is 9.89. The minimum atomic E-state index is -0.303. The molecule has 0 spiro atoms. The molecule has 1 aliphatic heterocycles. The van der Waals surface area contributed by atoms with Crippen molar-refractivity contribution in [1.29, 1.82) is 0 Å². The zero-order chi connectivity index (χ0) is 14.2. The van der Waals surface area contributed by atoms with Gasteiger partial charge >= 0.3 is 0 Å². The van der Waals surface area contributed by atoms with E-state index in [1.165, 1.54) is 0 Å². The fourth-order valence-corrected chi connectivity index (χ4v) is 2.73. The Hall–Kier alpha value is -1.35. The Morgan fingerprint density at radius 3 is 2.26 bits per heavy atom. The second-order valence-electron chi connectivity index (χ2n) is 5.92. The van der Waals surface area contributed by atoms with E-state index in [1.807, 2.05) is 37.8 Å². The van der Waals surface area contributed by atoms with E-state index in [1.54, 1.807) is 12.1 Å². The molecule has 1 atom stereocenters. The number of Topliss-reactive ketones (excluding diaryl/α,β-unsaturated/α-hetero) is 1. The van der Waals surface area contributed by atoms with E-state index in [0.717, 1.165) is 5.56 Å². The largest absolute Gasteiger partial charge is 0.330 e. The maximum atomic E-state index is 12.2. The summed E-state index contributed by atoms with van der Waals surface area (Å²) in [5.41, 5.74) is 0.656. The molecule has 1 aromatic carbocycles. The van der Waals surface area contributed by atoms with Crippen molar-refractivity contribution in [2.24, 2.45) is 0 Å². The third kappa shape index (κ3) is 2.98. The molecule has 102 valence electrons. The van der Waals surface area contributed by atoms with Gasteiger partial charge in [0, 0.05) is 17.0 Å². The number of hydrogen-bond donors (Lipinski definition) is 0. The first-order valence-electron chi connectivity index (χ1n) is 6.38. The van der Waals surface area contributed by atoms with Crippen molar-refractivity contribution >= 4 is 23.3 Å². The summed E-state index contributed by atoms with van der Waals surface area (Å²) in [4.78, 5) is 25.7. The van der Waals surface area contributed by atoms with Gasteiger partial charge in [-0.1, -0.05) is 23.7 Å². The van der Waals surface area contributed by atoms with Crippen LogP contribution in [0, 0.1) is 0 Å². The molecule has 0 N–H and O–H groups in total. The van der Waals surface area contributed by atoms with Crippen molar-refractivity contribution in [3.63, 3.8) is 0 Å². The molecule has 1 heterocycles. The fraction of sp³-hybridized carbons (Fsp3) is 0.467. The third-order valence-electron chi connectivity index (χ3n) is 3.33. The number of ketones is 1. The first-order valence-corrected chi connectivity index (χ1v) is 6.76. The highest BCUT2D eigenvalue weighted by molar-refractivity contribution is 6.30. The van der Waals surface area contributed by atoms with Gasteiger partial charge in [0.15, 0.2) is 0 Å². The molecule has 1 aromatic rings. The number of amides is 1. The highest BCUT2D eigenvalue weighted by Gasteiger charge is 2.39. The fourth-order valence-electron chi connectivity index (χ4n) is 2.60. The van der Waals surface area contributed by atoms with Crippen LogP contribution < -0.4 is 0 Å². The van der Waals surface area contributed by atoms with Gasteiger partial charge in [-0.25, -0.2) is 0 Å². The van der Waals surface area contributed by atoms with E-state index in [2.05, 4.69) is 0 Å². The molecule has 2 rings (SSSR count). The van der Waals surface area contributed by atoms with E-state index in [0.29, 0.717) is 11.4 Å². The van der Waals surface area contributed by atoms with Crippen LogP contribution in [0.1, 0.15) is 45.2 Å². The summed E-state index contributed by atoms with van der Waals surface area (Å²) in [5.74, 6) is -0.0887. The lowest BCUT2D eigenvalue weighted by molar-refractivity contribution is -0.148. The van der Waals surface area contributed by atoms with Gasteiger partial charge in [0.1, 0.15) is 5.78 Å². The van der Waals surface area contributed by atoms with E-state index >= 15 is 0 Å². The van der Waals surface area contributed by atoms with E-state index in [9.17, 15) is 9.59 Å². The Morgan fingerprint density at radius 2 is 1.74 bits per heavy atom. The molecule has 0 saturated carbocycles. The van der Waals surface area contributed by atoms with Crippen molar-refractivity contribution in [1.82, 2.24) is 4.90 Å². The Balaban J connectivity index is 2.40. The molecular formula is C15H18ClNO2. The Morgan fingerprint density at radius 1 is 1.16 bits per heavy atom. The van der Waals surface area contributed by atoms with Crippen LogP contribution in [0.5, 0.6) is 0 Å². The first kappa shape index (κ1) is 14.1. The molecule has 1 saturated heterocycles. The van der Waals surface area contributed by atoms with E-state index in [-0.39, 0.29) is 29.7 Å². The lowest BCUT2D eigenvalue weighted by Gasteiger charge is -2.44. The van der Waals surface area contributed by atoms with Gasteiger partial charge in [0.2, 0.25) is 5.91 Å². The van der Waals surface area contributed by atoms with Crippen LogP contribution in [0.25, 0.3) is 0 Å². The van der Waals surface area contributed by atoms with Crippen LogP contribution in [-0.4, -0.2) is 22.1 Å². The van der Waals surface area contributed by atoms with Gasteiger partial charge in [-0.2, -0.15) is 0 Å². The minimum Gasteiger partial charge on any atom is -0.330 e. The Bertz CT molecular complexity index is 502. The predicted molar refractivity (Wildman–Crippen MR) is 75.0 cm³/mol. The number of carbonyl (C=O) groups excluding carboxylic acids is 2. The zero-order valence-corrected chi connectivity index (χ0v) is 12.2. The molecule has 0 aromatic heterocycles. The molecule has 4 heteroatoms. The summed E-state index contributed by atoms with van der Waals surface area (Å²) >= 11 is 5.89. The topological polar surface area (TPSA) is 37.4 Å². The molecule has 1 fully saturated rings. The quantitative estimate of drug-likeness (QED) is 0.739. The van der Waals surface area contributed by atoms with E-state index < -0.39 is 0 Å². The number of halogens is 1. The zero-order valence-electron chi connectivity index (χ0n) is 11.4. The molecule has 0 aliphatic carbocycles. The molecule has 1 unspecified atom stereocenters. The highest BCUT2D eigenvalue weighted by atomic mass is 35.5.